The van der Waals surface area contributed by atoms with Gasteiger partial charge in [0, 0.05) is 0 Å². The van der Waals surface area contributed by atoms with Crippen molar-refractivity contribution in [3.05, 3.63) is 65.0 Å². The van der Waals surface area contributed by atoms with Crippen molar-refractivity contribution < 1.29 is 14.2 Å². The number of halogens is 1. The fraction of sp³-hybridized carbons (Fsp3) is 0.200. The summed E-state index contributed by atoms with van der Waals surface area (Å²) < 4.78 is 19.1. The minimum atomic E-state index is -1.03. The average Bonchev–Trinajstić information content (AvgIpc) is 2.38. The molecule has 0 heterocycles. The summed E-state index contributed by atoms with van der Waals surface area (Å²) in [7, 11) is 1.47. The van der Waals surface area contributed by atoms with E-state index in [1.54, 1.807) is 37.3 Å². The van der Waals surface area contributed by atoms with Crippen LogP contribution in [0.5, 0.6) is 5.75 Å². The van der Waals surface area contributed by atoms with Gasteiger partial charge in [0.2, 0.25) is 0 Å². The van der Waals surface area contributed by atoms with Gasteiger partial charge in [0.05, 0.1) is 12.7 Å². The smallest absolute Gasteiger partial charge is 0.133 e. The highest BCUT2D eigenvalue weighted by Gasteiger charge is 2.20. The normalized spacial score (nSPS) is 12.2. The Kier molecular flexibility index (Phi) is 3.63. The molecule has 0 aromatic heterocycles. The molecule has 0 aliphatic rings. The van der Waals surface area contributed by atoms with Crippen molar-refractivity contribution in [2.24, 2.45) is 0 Å². The van der Waals surface area contributed by atoms with Gasteiger partial charge in [-0.2, -0.15) is 0 Å². The third-order valence-corrected chi connectivity index (χ3v) is 2.84. The monoisotopic (exact) mass is 246 g/mol. The van der Waals surface area contributed by atoms with Crippen molar-refractivity contribution in [3.8, 4) is 5.75 Å². The van der Waals surface area contributed by atoms with E-state index in [1.807, 2.05) is 6.07 Å². The second-order valence-corrected chi connectivity index (χ2v) is 4.18. The molecule has 2 aromatic rings. The molecule has 1 unspecified atom stereocenters. The third kappa shape index (κ3) is 2.36. The third-order valence-electron chi connectivity index (χ3n) is 2.84. The first-order chi connectivity index (χ1) is 8.63. The van der Waals surface area contributed by atoms with Gasteiger partial charge in [-0.05, 0) is 30.2 Å². The van der Waals surface area contributed by atoms with E-state index in [0.29, 0.717) is 11.3 Å². The number of benzene rings is 2. The number of aryl methyl sites for hydroxylation is 1. The fourth-order valence-corrected chi connectivity index (χ4v) is 1.96. The molecule has 0 aliphatic heterocycles. The summed E-state index contributed by atoms with van der Waals surface area (Å²) in [6.45, 7) is 1.78. The summed E-state index contributed by atoms with van der Waals surface area (Å²) in [5.41, 5.74) is 1.57. The molecule has 0 saturated carbocycles. The maximum Gasteiger partial charge on any atom is 0.133 e. The van der Waals surface area contributed by atoms with E-state index >= 15 is 0 Å². The van der Waals surface area contributed by atoms with Crippen molar-refractivity contribution in [2.45, 2.75) is 13.0 Å². The second-order valence-electron chi connectivity index (χ2n) is 4.18. The first kappa shape index (κ1) is 12.6. The van der Waals surface area contributed by atoms with Gasteiger partial charge in [-0.1, -0.05) is 30.3 Å². The number of aliphatic hydroxyl groups is 1. The van der Waals surface area contributed by atoms with Crippen LogP contribution in [0, 0.1) is 12.7 Å². The zero-order valence-corrected chi connectivity index (χ0v) is 10.4. The summed E-state index contributed by atoms with van der Waals surface area (Å²) in [5.74, 6) is -0.0907. The Morgan fingerprint density at radius 2 is 1.83 bits per heavy atom. The van der Waals surface area contributed by atoms with Gasteiger partial charge in [-0.15, -0.1) is 0 Å². The van der Waals surface area contributed by atoms with Crippen LogP contribution in [0.3, 0.4) is 0 Å². The molecule has 0 bridgehead atoms. The Morgan fingerprint density at radius 3 is 2.44 bits per heavy atom. The largest absolute Gasteiger partial charge is 0.496 e. The second kappa shape index (κ2) is 5.19. The molecular formula is C15H15FO2. The molecule has 2 aromatic carbocycles. The lowest BCUT2D eigenvalue weighted by Crippen LogP contribution is -2.05. The number of hydrogen-bond donors (Lipinski definition) is 1. The van der Waals surface area contributed by atoms with E-state index in [4.69, 9.17) is 4.74 Å². The quantitative estimate of drug-likeness (QED) is 0.901. The summed E-state index contributed by atoms with van der Waals surface area (Å²) in [4.78, 5) is 0. The van der Waals surface area contributed by atoms with Gasteiger partial charge in [-0.3, -0.25) is 0 Å². The highest BCUT2D eigenvalue weighted by Crippen LogP contribution is 2.33. The van der Waals surface area contributed by atoms with Crippen molar-refractivity contribution >= 4 is 0 Å². The minimum absolute atomic E-state index is 0.175. The molecular weight excluding hydrogens is 231 g/mol. The van der Waals surface area contributed by atoms with Crippen molar-refractivity contribution in [1.29, 1.82) is 0 Å². The Morgan fingerprint density at radius 1 is 1.17 bits per heavy atom. The van der Waals surface area contributed by atoms with Gasteiger partial charge >= 0.3 is 0 Å². The molecule has 18 heavy (non-hydrogen) atoms. The molecule has 0 aliphatic carbocycles. The molecule has 0 fully saturated rings. The molecule has 0 radical (unpaired) electrons. The van der Waals surface area contributed by atoms with Crippen LogP contribution in [-0.4, -0.2) is 12.2 Å². The number of rotatable bonds is 3. The molecule has 0 amide bonds. The zero-order valence-electron chi connectivity index (χ0n) is 10.4. The van der Waals surface area contributed by atoms with Crippen LogP contribution in [0.2, 0.25) is 0 Å². The maximum absolute atomic E-state index is 14.0. The van der Waals surface area contributed by atoms with Crippen molar-refractivity contribution in [3.63, 3.8) is 0 Å². The Bertz CT molecular complexity index is 538. The molecule has 2 nitrogen and oxygen atoms in total. The van der Waals surface area contributed by atoms with E-state index in [9.17, 15) is 9.50 Å². The standard InChI is InChI=1S/C15H15FO2/c1-10-8-12(16)14(13(9-10)18-2)15(17)11-6-4-3-5-7-11/h3-9,15,17H,1-2H3. The van der Waals surface area contributed by atoms with E-state index in [1.165, 1.54) is 13.2 Å². The topological polar surface area (TPSA) is 29.5 Å². The molecule has 0 saturated heterocycles. The van der Waals surface area contributed by atoms with Gasteiger partial charge in [0.1, 0.15) is 17.7 Å². The first-order valence-corrected chi connectivity index (χ1v) is 5.70. The number of hydrogen-bond acceptors (Lipinski definition) is 2. The first-order valence-electron chi connectivity index (χ1n) is 5.70. The highest BCUT2D eigenvalue weighted by atomic mass is 19.1. The molecule has 1 N–H and O–H groups in total. The SMILES string of the molecule is COc1cc(C)cc(F)c1C(O)c1ccccc1. The van der Waals surface area contributed by atoms with Crippen LogP contribution < -0.4 is 4.74 Å². The number of ether oxygens (including phenoxy) is 1. The summed E-state index contributed by atoms with van der Waals surface area (Å²) >= 11 is 0. The Labute approximate surface area is 106 Å². The molecule has 94 valence electrons. The van der Waals surface area contributed by atoms with Crippen LogP contribution in [0.1, 0.15) is 22.8 Å². The van der Waals surface area contributed by atoms with Crippen LogP contribution in [0.4, 0.5) is 4.39 Å². The van der Waals surface area contributed by atoms with Crippen molar-refractivity contribution in [2.75, 3.05) is 7.11 Å². The lowest BCUT2D eigenvalue weighted by atomic mass is 9.99. The fourth-order valence-electron chi connectivity index (χ4n) is 1.96. The predicted octanol–water partition coefficient (Wildman–Crippen LogP) is 3.22. The summed E-state index contributed by atoms with van der Waals surface area (Å²) in [6, 6.07) is 12.1. The lowest BCUT2D eigenvalue weighted by Gasteiger charge is -2.16. The van der Waals surface area contributed by atoms with E-state index < -0.39 is 11.9 Å². The van der Waals surface area contributed by atoms with Crippen molar-refractivity contribution in [1.82, 2.24) is 0 Å². The van der Waals surface area contributed by atoms with E-state index in [-0.39, 0.29) is 5.56 Å². The number of methoxy groups -OCH3 is 1. The van der Waals surface area contributed by atoms with Crippen LogP contribution in [0.25, 0.3) is 0 Å². The lowest BCUT2D eigenvalue weighted by molar-refractivity contribution is 0.209. The maximum atomic E-state index is 14.0. The highest BCUT2D eigenvalue weighted by molar-refractivity contribution is 5.43. The van der Waals surface area contributed by atoms with E-state index in [0.717, 1.165) is 5.56 Å². The van der Waals surface area contributed by atoms with Crippen LogP contribution >= 0.6 is 0 Å². The van der Waals surface area contributed by atoms with Gasteiger partial charge in [-0.25, -0.2) is 4.39 Å². The summed E-state index contributed by atoms with van der Waals surface area (Å²) in [5, 5.41) is 10.3. The van der Waals surface area contributed by atoms with Gasteiger partial charge in [0.15, 0.2) is 0 Å². The molecule has 2 rings (SSSR count). The van der Waals surface area contributed by atoms with Crippen LogP contribution in [-0.2, 0) is 0 Å². The Balaban J connectivity index is 2.51. The minimum Gasteiger partial charge on any atom is -0.496 e. The zero-order chi connectivity index (χ0) is 13.1. The molecule has 3 heteroatoms. The van der Waals surface area contributed by atoms with E-state index in [2.05, 4.69) is 0 Å². The molecule has 1 atom stereocenters. The van der Waals surface area contributed by atoms with Gasteiger partial charge in [0.25, 0.3) is 0 Å². The van der Waals surface area contributed by atoms with Gasteiger partial charge < -0.3 is 9.84 Å². The predicted molar refractivity (Wildman–Crippen MR) is 68.2 cm³/mol. The summed E-state index contributed by atoms with van der Waals surface area (Å²) in [6.07, 6.45) is -1.03. The number of aliphatic hydroxyl groups excluding tert-OH is 1. The average molecular weight is 246 g/mol. The molecule has 0 spiro atoms. The Hall–Kier alpha value is -1.87. The van der Waals surface area contributed by atoms with Crippen LogP contribution in [0.15, 0.2) is 42.5 Å².